The maximum absolute atomic E-state index is 11.8. The first-order chi connectivity index (χ1) is 10.2. The Labute approximate surface area is 125 Å². The second kappa shape index (κ2) is 5.68. The summed E-state index contributed by atoms with van der Waals surface area (Å²) in [5.74, 6) is 1.13. The number of aromatic nitrogens is 1. The van der Waals surface area contributed by atoms with Crippen molar-refractivity contribution >= 4 is 11.6 Å². The van der Waals surface area contributed by atoms with Crippen molar-refractivity contribution in [2.24, 2.45) is 0 Å². The Morgan fingerprint density at radius 2 is 2.05 bits per heavy atom. The molecule has 0 spiro atoms. The first kappa shape index (κ1) is 13.8. The second-order valence-electron chi connectivity index (χ2n) is 5.57. The molecular weight excluding hydrogens is 260 g/mol. The minimum Gasteiger partial charge on any atom is -0.352 e. The van der Waals surface area contributed by atoms with Gasteiger partial charge in [0, 0.05) is 31.3 Å². The molecule has 0 unspecified atom stereocenters. The van der Waals surface area contributed by atoms with E-state index in [1.807, 2.05) is 19.9 Å². The van der Waals surface area contributed by atoms with E-state index in [4.69, 9.17) is 0 Å². The number of benzene rings is 1. The minimum absolute atomic E-state index is 0.163. The molecule has 3 rings (SSSR count). The van der Waals surface area contributed by atoms with Crippen LogP contribution in [0.4, 0.5) is 5.82 Å². The van der Waals surface area contributed by atoms with Crippen LogP contribution in [0.3, 0.4) is 0 Å². The molecule has 108 valence electrons. The minimum atomic E-state index is 0.163. The van der Waals surface area contributed by atoms with Crippen LogP contribution >= 0.6 is 0 Å². The van der Waals surface area contributed by atoms with Crippen molar-refractivity contribution < 1.29 is 4.79 Å². The van der Waals surface area contributed by atoms with Crippen LogP contribution < -0.4 is 4.90 Å². The lowest BCUT2D eigenvalue weighted by molar-refractivity contribution is 0.0987. The molecule has 2 heterocycles. The number of Topliss-reactive ketones (excluding diaryl/α,β-unsaturated/α-hetero) is 1. The van der Waals surface area contributed by atoms with Crippen LogP contribution in [0.2, 0.25) is 0 Å². The standard InChI is InChI=1S/C18H20N2O/c1-3-17(21)16-11-19-18(10-13(16)2)20-9-8-14-6-4-5-7-15(14)12-20/h4-7,10-11H,3,8-9,12H2,1-2H3. The van der Waals surface area contributed by atoms with E-state index in [1.165, 1.54) is 11.1 Å². The molecule has 0 fully saturated rings. The number of hydrogen-bond donors (Lipinski definition) is 0. The fourth-order valence-electron chi connectivity index (χ4n) is 2.89. The third kappa shape index (κ3) is 2.68. The van der Waals surface area contributed by atoms with E-state index in [9.17, 15) is 4.79 Å². The van der Waals surface area contributed by atoms with Gasteiger partial charge in [-0.15, -0.1) is 0 Å². The van der Waals surface area contributed by atoms with Crippen LogP contribution in [0.5, 0.6) is 0 Å². The number of ketones is 1. The number of nitrogens with zero attached hydrogens (tertiary/aromatic N) is 2. The maximum Gasteiger partial charge on any atom is 0.164 e. The number of pyridine rings is 1. The molecule has 1 aliphatic heterocycles. The Hall–Kier alpha value is -2.16. The quantitative estimate of drug-likeness (QED) is 0.806. The summed E-state index contributed by atoms with van der Waals surface area (Å²) in [5.41, 5.74) is 4.57. The molecule has 0 radical (unpaired) electrons. The predicted octanol–water partition coefficient (Wildman–Crippen LogP) is 3.55. The number of fused-ring (bicyclic) bond motifs is 1. The molecule has 0 aliphatic carbocycles. The van der Waals surface area contributed by atoms with E-state index in [-0.39, 0.29) is 5.78 Å². The summed E-state index contributed by atoms with van der Waals surface area (Å²) in [4.78, 5) is 18.6. The summed E-state index contributed by atoms with van der Waals surface area (Å²) < 4.78 is 0. The summed E-state index contributed by atoms with van der Waals surface area (Å²) >= 11 is 0. The van der Waals surface area contributed by atoms with Crippen molar-refractivity contribution in [2.75, 3.05) is 11.4 Å². The van der Waals surface area contributed by atoms with Gasteiger partial charge in [0.1, 0.15) is 5.82 Å². The van der Waals surface area contributed by atoms with Crippen molar-refractivity contribution in [1.82, 2.24) is 4.98 Å². The molecule has 1 aliphatic rings. The molecule has 1 aromatic heterocycles. The van der Waals surface area contributed by atoms with Crippen LogP contribution in [0.1, 0.15) is 40.4 Å². The Bertz CT molecular complexity index is 679. The van der Waals surface area contributed by atoms with Gasteiger partial charge in [-0.1, -0.05) is 31.2 Å². The number of anilines is 1. The van der Waals surface area contributed by atoms with Crippen molar-refractivity contribution in [3.63, 3.8) is 0 Å². The van der Waals surface area contributed by atoms with Gasteiger partial charge in [-0.3, -0.25) is 4.79 Å². The van der Waals surface area contributed by atoms with Crippen molar-refractivity contribution in [1.29, 1.82) is 0 Å². The highest BCUT2D eigenvalue weighted by Gasteiger charge is 2.18. The molecule has 0 N–H and O–H groups in total. The fraction of sp³-hybridized carbons (Fsp3) is 0.333. The highest BCUT2D eigenvalue weighted by atomic mass is 16.1. The fourth-order valence-corrected chi connectivity index (χ4v) is 2.89. The van der Waals surface area contributed by atoms with E-state index in [1.54, 1.807) is 6.20 Å². The van der Waals surface area contributed by atoms with Crippen LogP contribution in [0.15, 0.2) is 36.5 Å². The van der Waals surface area contributed by atoms with Gasteiger partial charge < -0.3 is 4.90 Å². The number of rotatable bonds is 3. The molecule has 21 heavy (non-hydrogen) atoms. The highest BCUT2D eigenvalue weighted by Crippen LogP contribution is 2.24. The van der Waals surface area contributed by atoms with Crippen molar-refractivity contribution in [2.45, 2.75) is 33.2 Å². The normalized spacial score (nSPS) is 13.9. The molecule has 3 nitrogen and oxygen atoms in total. The Kier molecular flexibility index (Phi) is 3.74. The average molecular weight is 280 g/mol. The lowest BCUT2D eigenvalue weighted by Gasteiger charge is -2.30. The summed E-state index contributed by atoms with van der Waals surface area (Å²) in [7, 11) is 0. The first-order valence-corrected chi connectivity index (χ1v) is 7.50. The molecule has 1 aromatic carbocycles. The average Bonchev–Trinajstić information content (AvgIpc) is 2.53. The zero-order chi connectivity index (χ0) is 14.8. The number of carbonyl (C=O) groups excluding carboxylic acids is 1. The Balaban J connectivity index is 1.86. The summed E-state index contributed by atoms with van der Waals surface area (Å²) in [5, 5.41) is 0. The summed E-state index contributed by atoms with van der Waals surface area (Å²) in [6.45, 7) is 5.75. The van der Waals surface area contributed by atoms with Gasteiger partial charge in [-0.25, -0.2) is 4.98 Å². The lowest BCUT2D eigenvalue weighted by Crippen LogP contribution is -2.31. The van der Waals surface area contributed by atoms with Gasteiger partial charge in [0.05, 0.1) is 0 Å². The van der Waals surface area contributed by atoms with Crippen LogP contribution in [0, 0.1) is 6.92 Å². The molecule has 0 saturated carbocycles. The third-order valence-corrected chi connectivity index (χ3v) is 4.17. The molecule has 0 amide bonds. The third-order valence-electron chi connectivity index (χ3n) is 4.17. The second-order valence-corrected chi connectivity index (χ2v) is 5.57. The molecule has 0 atom stereocenters. The monoisotopic (exact) mass is 280 g/mol. The number of carbonyl (C=O) groups is 1. The van der Waals surface area contributed by atoms with Gasteiger partial charge in [-0.05, 0) is 36.1 Å². The van der Waals surface area contributed by atoms with Crippen molar-refractivity contribution in [3.05, 3.63) is 58.8 Å². The van der Waals surface area contributed by atoms with E-state index < -0.39 is 0 Å². The summed E-state index contributed by atoms with van der Waals surface area (Å²) in [6, 6.07) is 10.6. The lowest BCUT2D eigenvalue weighted by atomic mass is 9.99. The van der Waals surface area contributed by atoms with Crippen LogP contribution in [0.25, 0.3) is 0 Å². The Morgan fingerprint density at radius 3 is 2.76 bits per heavy atom. The number of hydrogen-bond acceptors (Lipinski definition) is 3. The first-order valence-electron chi connectivity index (χ1n) is 7.50. The zero-order valence-electron chi connectivity index (χ0n) is 12.6. The maximum atomic E-state index is 11.8. The van der Waals surface area contributed by atoms with Crippen LogP contribution in [-0.4, -0.2) is 17.3 Å². The van der Waals surface area contributed by atoms with E-state index in [0.29, 0.717) is 6.42 Å². The Morgan fingerprint density at radius 1 is 1.29 bits per heavy atom. The molecule has 0 bridgehead atoms. The molecule has 2 aromatic rings. The largest absolute Gasteiger partial charge is 0.352 e. The zero-order valence-corrected chi connectivity index (χ0v) is 12.6. The van der Waals surface area contributed by atoms with Gasteiger partial charge in [0.25, 0.3) is 0 Å². The smallest absolute Gasteiger partial charge is 0.164 e. The van der Waals surface area contributed by atoms with E-state index in [2.05, 4.69) is 34.1 Å². The van der Waals surface area contributed by atoms with Crippen LogP contribution in [-0.2, 0) is 13.0 Å². The predicted molar refractivity (Wildman–Crippen MR) is 84.8 cm³/mol. The van der Waals surface area contributed by atoms with Gasteiger partial charge in [0.15, 0.2) is 5.78 Å². The molecule has 0 saturated heterocycles. The van der Waals surface area contributed by atoms with Crippen molar-refractivity contribution in [3.8, 4) is 0 Å². The highest BCUT2D eigenvalue weighted by molar-refractivity contribution is 5.97. The topological polar surface area (TPSA) is 33.2 Å². The molecule has 3 heteroatoms. The van der Waals surface area contributed by atoms with E-state index in [0.717, 1.165) is 36.5 Å². The van der Waals surface area contributed by atoms with Gasteiger partial charge in [-0.2, -0.15) is 0 Å². The molecular formula is C18H20N2O. The summed E-state index contributed by atoms with van der Waals surface area (Å²) in [6.07, 6.45) is 3.31. The van der Waals surface area contributed by atoms with Gasteiger partial charge in [0.2, 0.25) is 0 Å². The SMILES string of the molecule is CCC(=O)c1cnc(N2CCc3ccccc3C2)cc1C. The van der Waals surface area contributed by atoms with E-state index >= 15 is 0 Å². The number of aryl methyl sites for hydroxylation is 1. The van der Waals surface area contributed by atoms with Gasteiger partial charge >= 0.3 is 0 Å².